The van der Waals surface area contributed by atoms with E-state index in [4.69, 9.17) is 14.2 Å². The predicted octanol–water partition coefficient (Wildman–Crippen LogP) is 2.60. The van der Waals surface area contributed by atoms with Crippen molar-refractivity contribution in [1.82, 2.24) is 9.55 Å². The molecule has 1 aliphatic rings. The molecule has 1 aromatic carbocycles. The Balaban J connectivity index is 1.97. The maximum atomic E-state index is 13.6. The Morgan fingerprint density at radius 3 is 2.59 bits per heavy atom. The number of nitrogens with zero attached hydrogens (tertiary/aromatic N) is 3. The van der Waals surface area contributed by atoms with E-state index >= 15 is 0 Å². The number of fused-ring (bicyclic) bond motifs is 1. The van der Waals surface area contributed by atoms with Crippen molar-refractivity contribution >= 4 is 23.4 Å². The Bertz CT molecular complexity index is 1420. The second-order valence-corrected chi connectivity index (χ2v) is 8.44. The first-order valence-electron chi connectivity index (χ1n) is 10.9. The number of hydrogen-bond donors (Lipinski definition) is 0. The zero-order chi connectivity index (χ0) is 24.2. The average Bonchev–Trinajstić information content (AvgIpc) is 3.13. The van der Waals surface area contributed by atoms with Crippen LogP contribution in [-0.4, -0.2) is 35.8 Å². The molecule has 1 unspecified atom stereocenters. The number of rotatable bonds is 7. The van der Waals surface area contributed by atoms with E-state index in [1.807, 2.05) is 25.1 Å². The third-order valence-electron chi connectivity index (χ3n) is 5.32. The van der Waals surface area contributed by atoms with Gasteiger partial charge in [0.1, 0.15) is 0 Å². The van der Waals surface area contributed by atoms with E-state index in [9.17, 15) is 9.59 Å². The number of carbonyl (C=O) groups excluding carboxylic acids is 1. The minimum atomic E-state index is -0.722. The lowest BCUT2D eigenvalue weighted by Gasteiger charge is -2.25. The van der Waals surface area contributed by atoms with Crippen LogP contribution < -0.4 is 24.4 Å². The van der Waals surface area contributed by atoms with Crippen molar-refractivity contribution in [2.24, 2.45) is 4.99 Å². The molecule has 1 aliphatic heterocycles. The van der Waals surface area contributed by atoms with Gasteiger partial charge in [-0.3, -0.25) is 14.3 Å². The molecule has 0 saturated heterocycles. The fourth-order valence-corrected chi connectivity index (χ4v) is 4.90. The summed E-state index contributed by atoms with van der Waals surface area (Å²) in [7, 11) is 1.56. The quantitative estimate of drug-likeness (QED) is 0.484. The molecule has 0 spiro atoms. The third-order valence-corrected chi connectivity index (χ3v) is 6.31. The zero-order valence-corrected chi connectivity index (χ0v) is 20.2. The van der Waals surface area contributed by atoms with Gasteiger partial charge in [-0.1, -0.05) is 17.4 Å². The number of esters is 1. The first kappa shape index (κ1) is 23.4. The summed E-state index contributed by atoms with van der Waals surface area (Å²) in [6.45, 7) is 6.03. The Morgan fingerprint density at radius 2 is 1.91 bits per heavy atom. The molecule has 8 nitrogen and oxygen atoms in total. The minimum Gasteiger partial charge on any atom is -0.493 e. The van der Waals surface area contributed by atoms with Crippen molar-refractivity contribution in [3.8, 4) is 11.5 Å². The summed E-state index contributed by atoms with van der Waals surface area (Å²) in [5.41, 5.74) is 2.12. The van der Waals surface area contributed by atoms with Crippen molar-refractivity contribution < 1.29 is 19.0 Å². The fourth-order valence-electron chi connectivity index (χ4n) is 3.85. The lowest BCUT2D eigenvalue weighted by Crippen LogP contribution is -2.40. The van der Waals surface area contributed by atoms with Crippen LogP contribution in [0.1, 0.15) is 37.9 Å². The molecular weight excluding hydrogens is 454 g/mol. The molecular formula is C25H25N3O5S. The van der Waals surface area contributed by atoms with E-state index in [1.165, 1.54) is 11.3 Å². The largest absolute Gasteiger partial charge is 0.493 e. The number of ether oxygens (including phenoxy) is 3. The highest BCUT2D eigenvalue weighted by Gasteiger charge is 2.33. The molecule has 9 heteroatoms. The van der Waals surface area contributed by atoms with Crippen LogP contribution >= 0.6 is 11.3 Å². The molecule has 3 heterocycles. The summed E-state index contributed by atoms with van der Waals surface area (Å²) in [4.78, 5) is 35.8. The Hall–Kier alpha value is -3.72. The first-order chi connectivity index (χ1) is 16.5. The van der Waals surface area contributed by atoms with Gasteiger partial charge in [0.2, 0.25) is 0 Å². The number of hydrogen-bond acceptors (Lipinski definition) is 8. The van der Waals surface area contributed by atoms with Crippen LogP contribution in [0.3, 0.4) is 0 Å². The summed E-state index contributed by atoms with van der Waals surface area (Å²) >= 11 is 1.27. The topological polar surface area (TPSA) is 92.0 Å². The lowest BCUT2D eigenvalue weighted by atomic mass is 9.95. The Morgan fingerprint density at radius 1 is 1.15 bits per heavy atom. The van der Waals surface area contributed by atoms with Crippen LogP contribution in [-0.2, 0) is 9.53 Å². The molecule has 176 valence electrons. The highest BCUT2D eigenvalue weighted by atomic mass is 32.1. The van der Waals surface area contributed by atoms with Crippen molar-refractivity contribution in [2.75, 3.05) is 20.3 Å². The molecule has 0 N–H and O–H groups in total. The van der Waals surface area contributed by atoms with E-state index in [0.29, 0.717) is 44.3 Å². The third kappa shape index (κ3) is 4.38. The van der Waals surface area contributed by atoms with Crippen LogP contribution in [0.4, 0.5) is 0 Å². The summed E-state index contributed by atoms with van der Waals surface area (Å²) < 4.78 is 18.6. The van der Waals surface area contributed by atoms with Gasteiger partial charge < -0.3 is 14.2 Å². The monoisotopic (exact) mass is 479 g/mol. The molecule has 1 atom stereocenters. The molecule has 0 fully saturated rings. The van der Waals surface area contributed by atoms with Gasteiger partial charge in [-0.05, 0) is 62.2 Å². The van der Waals surface area contributed by atoms with Gasteiger partial charge >= 0.3 is 5.97 Å². The second kappa shape index (κ2) is 10.0. The molecule has 3 aromatic rings. The molecule has 34 heavy (non-hydrogen) atoms. The number of carbonyl (C=O) groups is 1. The van der Waals surface area contributed by atoms with Crippen molar-refractivity contribution in [3.63, 3.8) is 0 Å². The van der Waals surface area contributed by atoms with Gasteiger partial charge in [-0.25, -0.2) is 9.79 Å². The van der Waals surface area contributed by atoms with E-state index in [1.54, 1.807) is 56.1 Å². The number of allylic oxidation sites excluding steroid dienone is 1. The van der Waals surface area contributed by atoms with Crippen LogP contribution in [0.5, 0.6) is 11.5 Å². The first-order valence-corrected chi connectivity index (χ1v) is 11.7. The van der Waals surface area contributed by atoms with Gasteiger partial charge in [0.05, 0.1) is 42.2 Å². The lowest BCUT2D eigenvalue weighted by molar-refractivity contribution is -0.139. The molecule has 0 radical (unpaired) electrons. The number of benzene rings is 1. The number of pyridine rings is 1. The normalized spacial score (nSPS) is 15.5. The van der Waals surface area contributed by atoms with Gasteiger partial charge in [0, 0.05) is 12.4 Å². The molecule has 0 saturated carbocycles. The van der Waals surface area contributed by atoms with E-state index < -0.39 is 12.0 Å². The van der Waals surface area contributed by atoms with E-state index in [-0.39, 0.29) is 12.2 Å². The van der Waals surface area contributed by atoms with Gasteiger partial charge in [-0.2, -0.15) is 0 Å². The van der Waals surface area contributed by atoms with E-state index in [0.717, 1.165) is 5.56 Å². The Kier molecular flexibility index (Phi) is 6.93. The number of aromatic nitrogens is 2. The summed E-state index contributed by atoms with van der Waals surface area (Å²) in [6.07, 6.45) is 5.13. The zero-order valence-electron chi connectivity index (χ0n) is 19.4. The second-order valence-electron chi connectivity index (χ2n) is 7.43. The Labute approximate surface area is 200 Å². The predicted molar refractivity (Wildman–Crippen MR) is 129 cm³/mol. The highest BCUT2D eigenvalue weighted by Crippen LogP contribution is 2.36. The number of thiazole rings is 1. The van der Waals surface area contributed by atoms with Crippen LogP contribution in [0.15, 0.2) is 63.8 Å². The number of methoxy groups -OCH3 is 1. The van der Waals surface area contributed by atoms with Crippen LogP contribution in [0, 0.1) is 0 Å². The molecule has 0 bridgehead atoms. The van der Waals surface area contributed by atoms with Crippen molar-refractivity contribution in [2.45, 2.75) is 26.8 Å². The van der Waals surface area contributed by atoms with Crippen LogP contribution in [0.25, 0.3) is 6.08 Å². The molecule has 2 aromatic heterocycles. The van der Waals surface area contributed by atoms with Gasteiger partial charge in [-0.15, -0.1) is 0 Å². The van der Waals surface area contributed by atoms with Crippen molar-refractivity contribution in [3.05, 3.63) is 84.8 Å². The molecule has 0 aliphatic carbocycles. The molecule has 0 amide bonds. The molecule has 4 rings (SSSR count). The average molecular weight is 480 g/mol. The SMILES string of the molecule is CCOC(=O)C1=C(C)N=c2sc(=Cc3ccncc3)c(=O)n2C1c1ccc(OC)c(OCC)c1. The summed E-state index contributed by atoms with van der Waals surface area (Å²) in [6, 6.07) is 8.31. The fraction of sp³-hybridized carbons (Fsp3) is 0.280. The minimum absolute atomic E-state index is 0.210. The van der Waals surface area contributed by atoms with Crippen molar-refractivity contribution in [1.29, 1.82) is 0 Å². The maximum Gasteiger partial charge on any atom is 0.338 e. The summed E-state index contributed by atoms with van der Waals surface area (Å²) in [5, 5.41) is 0. The smallest absolute Gasteiger partial charge is 0.338 e. The van der Waals surface area contributed by atoms with Gasteiger partial charge in [0.15, 0.2) is 16.3 Å². The van der Waals surface area contributed by atoms with Gasteiger partial charge in [0.25, 0.3) is 5.56 Å². The van der Waals surface area contributed by atoms with E-state index in [2.05, 4.69) is 9.98 Å². The van der Waals surface area contributed by atoms with Crippen LogP contribution in [0.2, 0.25) is 0 Å². The highest BCUT2D eigenvalue weighted by molar-refractivity contribution is 7.07. The maximum absolute atomic E-state index is 13.6. The standard InChI is InChI=1S/C25H25N3O5S/c1-5-32-19-14-17(7-8-18(19)31-4)22-21(24(30)33-6-2)15(3)27-25-28(22)23(29)20(34-25)13-16-9-11-26-12-10-16/h7-14,22H,5-6H2,1-4H3. The summed E-state index contributed by atoms with van der Waals surface area (Å²) in [5.74, 6) is 0.583.